The lowest BCUT2D eigenvalue weighted by Gasteiger charge is -2.32. The Bertz CT molecular complexity index is 285. The highest BCUT2D eigenvalue weighted by Crippen LogP contribution is 2.39. The van der Waals surface area contributed by atoms with Crippen LogP contribution in [0.25, 0.3) is 0 Å². The van der Waals surface area contributed by atoms with Crippen LogP contribution in [0.15, 0.2) is 0 Å². The van der Waals surface area contributed by atoms with Crippen LogP contribution in [0.2, 0.25) is 0 Å². The Balaban J connectivity index is 2.77. The van der Waals surface area contributed by atoms with E-state index in [4.69, 9.17) is 5.11 Å². The largest absolute Gasteiger partial charge is 0.480 e. The van der Waals surface area contributed by atoms with Crippen LogP contribution in [-0.4, -0.2) is 45.0 Å². The molecule has 1 unspecified atom stereocenters. The number of amides is 1. The molecule has 1 amide bonds. The summed E-state index contributed by atoms with van der Waals surface area (Å²) < 4.78 is -0.417. The highest BCUT2D eigenvalue weighted by Gasteiger charge is 2.41. The second-order valence-electron chi connectivity index (χ2n) is 4.60. The fourth-order valence-electron chi connectivity index (χ4n) is 1.89. The van der Waals surface area contributed by atoms with E-state index in [2.05, 4.69) is 0 Å². The molecule has 16 heavy (non-hydrogen) atoms. The van der Waals surface area contributed by atoms with Crippen LogP contribution < -0.4 is 0 Å². The van der Waals surface area contributed by atoms with Crippen molar-refractivity contribution in [3.8, 4) is 0 Å². The second kappa shape index (κ2) is 5.08. The predicted molar refractivity (Wildman–Crippen MR) is 64.6 cm³/mol. The Kier molecular flexibility index (Phi) is 4.24. The second-order valence-corrected chi connectivity index (χ2v) is 6.20. The van der Waals surface area contributed by atoms with E-state index < -0.39 is 10.7 Å². The Morgan fingerprint density at radius 1 is 1.50 bits per heavy atom. The van der Waals surface area contributed by atoms with Crippen LogP contribution in [0, 0.1) is 0 Å². The summed E-state index contributed by atoms with van der Waals surface area (Å²) in [6, 6.07) is -0.0679. The monoisotopic (exact) mass is 245 g/mol. The molecule has 0 saturated carbocycles. The molecule has 0 aliphatic carbocycles. The molecule has 0 aromatic carbocycles. The molecule has 0 aromatic heterocycles. The molecule has 0 spiro atoms. The highest BCUT2D eigenvalue weighted by molar-refractivity contribution is 8.01. The summed E-state index contributed by atoms with van der Waals surface area (Å²) in [5.74, 6) is 0.00221. The van der Waals surface area contributed by atoms with Gasteiger partial charge in [-0.25, -0.2) is 0 Å². The van der Waals surface area contributed by atoms with Gasteiger partial charge in [0, 0.05) is 6.04 Å². The lowest BCUT2D eigenvalue weighted by atomic mass is 10.0. The molecule has 0 bridgehead atoms. The van der Waals surface area contributed by atoms with Gasteiger partial charge in [-0.2, -0.15) is 0 Å². The zero-order valence-electron chi connectivity index (χ0n) is 10.0. The Morgan fingerprint density at radius 2 is 2.12 bits per heavy atom. The molecule has 1 aliphatic heterocycles. The van der Waals surface area contributed by atoms with Gasteiger partial charge >= 0.3 is 5.97 Å². The highest BCUT2D eigenvalue weighted by atomic mass is 32.2. The van der Waals surface area contributed by atoms with Gasteiger partial charge in [0.25, 0.3) is 0 Å². The van der Waals surface area contributed by atoms with Gasteiger partial charge in [-0.15, -0.1) is 11.8 Å². The molecule has 0 radical (unpaired) electrons. The van der Waals surface area contributed by atoms with Crippen molar-refractivity contribution >= 4 is 23.6 Å². The number of carboxylic acids is 1. The van der Waals surface area contributed by atoms with Crippen molar-refractivity contribution in [3.05, 3.63) is 0 Å². The van der Waals surface area contributed by atoms with E-state index in [1.807, 2.05) is 20.8 Å². The number of thioether (sulfide) groups is 1. The number of carbonyl (C=O) groups is 2. The van der Waals surface area contributed by atoms with Crippen LogP contribution in [0.3, 0.4) is 0 Å². The van der Waals surface area contributed by atoms with Crippen molar-refractivity contribution in [2.75, 3.05) is 12.3 Å². The van der Waals surface area contributed by atoms with Gasteiger partial charge in [0.2, 0.25) is 5.91 Å². The molecule has 1 rings (SSSR count). The minimum atomic E-state index is -0.950. The molecule has 1 heterocycles. The van der Waals surface area contributed by atoms with Crippen LogP contribution in [0.1, 0.15) is 33.6 Å². The third-order valence-corrected chi connectivity index (χ3v) is 4.37. The smallest absolute Gasteiger partial charge is 0.323 e. The van der Waals surface area contributed by atoms with E-state index in [1.54, 1.807) is 11.8 Å². The van der Waals surface area contributed by atoms with Crippen molar-refractivity contribution in [1.29, 1.82) is 0 Å². The predicted octanol–water partition coefficient (Wildman–Crippen LogP) is 1.59. The van der Waals surface area contributed by atoms with Gasteiger partial charge in [-0.3, -0.25) is 9.59 Å². The molecule has 5 heteroatoms. The first-order valence-electron chi connectivity index (χ1n) is 5.53. The standard InChI is InChI=1S/C11H19NO3S/c1-8(2)12(7-9(13)14)10(15)11(3)5-4-6-16-11/h8H,4-7H2,1-3H3,(H,13,14). The number of carboxylic acid groups (broad SMARTS) is 1. The van der Waals surface area contributed by atoms with Gasteiger partial charge < -0.3 is 10.0 Å². The van der Waals surface area contributed by atoms with E-state index >= 15 is 0 Å². The van der Waals surface area contributed by atoms with Gasteiger partial charge in [-0.05, 0) is 39.4 Å². The zero-order chi connectivity index (χ0) is 12.3. The van der Waals surface area contributed by atoms with E-state index in [-0.39, 0.29) is 18.5 Å². The van der Waals surface area contributed by atoms with Crippen molar-refractivity contribution < 1.29 is 14.7 Å². The number of carbonyl (C=O) groups excluding carboxylic acids is 1. The van der Waals surface area contributed by atoms with Crippen LogP contribution in [0.5, 0.6) is 0 Å². The minimum Gasteiger partial charge on any atom is -0.480 e. The van der Waals surface area contributed by atoms with Gasteiger partial charge in [0.05, 0.1) is 4.75 Å². The molecule has 1 aliphatic rings. The minimum absolute atomic E-state index is 0.0348. The van der Waals surface area contributed by atoms with E-state index in [0.717, 1.165) is 18.6 Å². The first-order valence-corrected chi connectivity index (χ1v) is 6.52. The Morgan fingerprint density at radius 3 is 2.50 bits per heavy atom. The van der Waals surface area contributed by atoms with Gasteiger partial charge in [0.1, 0.15) is 6.54 Å². The van der Waals surface area contributed by atoms with Gasteiger partial charge in [-0.1, -0.05) is 0 Å². The molecule has 1 atom stereocenters. The molecular weight excluding hydrogens is 226 g/mol. The summed E-state index contributed by atoms with van der Waals surface area (Å²) in [7, 11) is 0. The number of nitrogens with zero attached hydrogens (tertiary/aromatic N) is 1. The van der Waals surface area contributed by atoms with Crippen LogP contribution >= 0.6 is 11.8 Å². The first-order chi connectivity index (χ1) is 7.37. The summed E-state index contributed by atoms with van der Waals surface area (Å²) in [6.45, 7) is 5.42. The third kappa shape index (κ3) is 2.90. The summed E-state index contributed by atoms with van der Waals surface area (Å²) in [5, 5.41) is 8.81. The maximum atomic E-state index is 12.3. The number of rotatable bonds is 4. The fraction of sp³-hybridized carbons (Fsp3) is 0.818. The van der Waals surface area contributed by atoms with Crippen molar-refractivity contribution in [2.24, 2.45) is 0 Å². The van der Waals surface area contributed by atoms with Crippen molar-refractivity contribution in [1.82, 2.24) is 4.90 Å². The SMILES string of the molecule is CC(C)N(CC(=O)O)C(=O)C1(C)CCCS1. The van der Waals surface area contributed by atoms with Crippen molar-refractivity contribution in [2.45, 2.75) is 44.4 Å². The quantitative estimate of drug-likeness (QED) is 0.817. The molecule has 1 fully saturated rings. The summed E-state index contributed by atoms with van der Waals surface area (Å²) in [6.07, 6.45) is 1.88. The van der Waals surface area contributed by atoms with E-state index in [9.17, 15) is 9.59 Å². The third-order valence-electron chi connectivity index (χ3n) is 2.86. The molecule has 1 saturated heterocycles. The molecule has 92 valence electrons. The number of hydrogen-bond donors (Lipinski definition) is 1. The molecular formula is C11H19NO3S. The zero-order valence-corrected chi connectivity index (χ0v) is 10.8. The first kappa shape index (κ1) is 13.4. The number of aliphatic carboxylic acids is 1. The maximum absolute atomic E-state index is 12.3. The van der Waals surface area contributed by atoms with Crippen LogP contribution in [-0.2, 0) is 9.59 Å². The lowest BCUT2D eigenvalue weighted by molar-refractivity contribution is -0.146. The van der Waals surface area contributed by atoms with E-state index in [1.165, 1.54) is 4.90 Å². The Hall–Kier alpha value is -0.710. The lowest BCUT2D eigenvalue weighted by Crippen LogP contribution is -2.49. The normalized spacial score (nSPS) is 24.8. The van der Waals surface area contributed by atoms with Crippen molar-refractivity contribution in [3.63, 3.8) is 0 Å². The number of hydrogen-bond acceptors (Lipinski definition) is 3. The maximum Gasteiger partial charge on any atom is 0.323 e. The summed E-state index contributed by atoms with van der Waals surface area (Å²) >= 11 is 1.64. The summed E-state index contributed by atoms with van der Waals surface area (Å²) in [4.78, 5) is 24.5. The van der Waals surface area contributed by atoms with E-state index in [0.29, 0.717) is 0 Å². The van der Waals surface area contributed by atoms with Gasteiger partial charge in [0.15, 0.2) is 0 Å². The average molecular weight is 245 g/mol. The topological polar surface area (TPSA) is 57.6 Å². The average Bonchev–Trinajstić information content (AvgIpc) is 2.61. The molecule has 4 nitrogen and oxygen atoms in total. The fourth-order valence-corrected chi connectivity index (χ4v) is 3.15. The van der Waals surface area contributed by atoms with Crippen LogP contribution in [0.4, 0.5) is 0 Å². The Labute approximate surface area is 100 Å². The summed E-state index contributed by atoms with van der Waals surface area (Å²) in [5.41, 5.74) is 0. The molecule has 1 N–H and O–H groups in total. The molecule has 0 aromatic rings.